The number of aromatic nitrogens is 4. The van der Waals surface area contributed by atoms with Crippen LogP contribution in [0.4, 0.5) is 0 Å². The van der Waals surface area contributed by atoms with Crippen molar-refractivity contribution in [1.82, 2.24) is 19.9 Å². The maximum Gasteiger partial charge on any atom is 0.164 e. The zero-order valence-corrected chi connectivity index (χ0v) is 32.3. The largest absolute Gasteiger partial charge is 0.265 e. The third-order valence-corrected chi connectivity index (χ3v) is 14.0. The van der Waals surface area contributed by atoms with Gasteiger partial charge in [0.2, 0.25) is 0 Å². The van der Waals surface area contributed by atoms with Crippen LogP contribution in [0.3, 0.4) is 0 Å². The molecule has 0 atom stereocenters. The first kappa shape index (κ1) is 33.6. The van der Waals surface area contributed by atoms with Gasteiger partial charge in [-0.15, -0.1) is 0 Å². The SMILES string of the molecule is c1ccc(-c2ccc3c(c2)-c2ccc(-c4cc(-c5ccncc5)cc(-c5nc(-c6ccccc6)nc(-c6ccccc6)n5)c4)cc2C32C3CC4CC(C3)CC2C4)cc1. The fraction of sp³-hybridized carbons (Fsp3) is 0.185. The van der Waals surface area contributed by atoms with Crippen molar-refractivity contribution in [3.05, 3.63) is 181 Å². The minimum absolute atomic E-state index is 0.0538. The van der Waals surface area contributed by atoms with E-state index >= 15 is 0 Å². The molecule has 13 rings (SSSR count). The van der Waals surface area contributed by atoms with Crippen molar-refractivity contribution in [3.63, 3.8) is 0 Å². The fourth-order valence-electron chi connectivity index (χ4n) is 11.8. The van der Waals surface area contributed by atoms with Gasteiger partial charge in [0.15, 0.2) is 17.5 Å². The first-order valence-electron chi connectivity index (χ1n) is 21.0. The van der Waals surface area contributed by atoms with Crippen LogP contribution < -0.4 is 0 Å². The molecule has 2 heterocycles. The summed E-state index contributed by atoms with van der Waals surface area (Å²) in [7, 11) is 0. The molecule has 4 heteroatoms. The van der Waals surface area contributed by atoms with Crippen molar-refractivity contribution in [2.75, 3.05) is 0 Å². The molecule has 0 amide bonds. The summed E-state index contributed by atoms with van der Waals surface area (Å²) in [6.45, 7) is 0. The summed E-state index contributed by atoms with van der Waals surface area (Å²) in [4.78, 5) is 19.7. The number of pyridine rings is 1. The van der Waals surface area contributed by atoms with Crippen LogP contribution in [0.1, 0.15) is 43.2 Å². The van der Waals surface area contributed by atoms with Crippen molar-refractivity contribution >= 4 is 0 Å². The highest BCUT2D eigenvalue weighted by Gasteiger charge is 2.61. The average Bonchev–Trinajstić information content (AvgIpc) is 3.58. The Bertz CT molecular complexity index is 2750. The Balaban J connectivity index is 1.06. The second-order valence-corrected chi connectivity index (χ2v) is 17.1. The Hall–Kier alpha value is -6.52. The monoisotopic (exact) mass is 746 g/mol. The van der Waals surface area contributed by atoms with Crippen LogP contribution in [0.2, 0.25) is 0 Å². The maximum atomic E-state index is 5.17. The third-order valence-electron chi connectivity index (χ3n) is 14.0. The maximum absolute atomic E-state index is 5.17. The molecule has 2 aromatic heterocycles. The van der Waals surface area contributed by atoms with Crippen LogP contribution in [-0.4, -0.2) is 19.9 Å². The van der Waals surface area contributed by atoms with E-state index < -0.39 is 0 Å². The molecule has 0 saturated heterocycles. The molecule has 8 aromatic rings. The molecule has 1 spiro atoms. The van der Waals surface area contributed by atoms with Crippen molar-refractivity contribution in [2.24, 2.45) is 23.7 Å². The van der Waals surface area contributed by atoms with Crippen LogP contribution in [0.25, 0.3) is 78.7 Å². The third kappa shape index (κ3) is 5.35. The first-order valence-corrected chi connectivity index (χ1v) is 21.0. The molecule has 4 saturated carbocycles. The van der Waals surface area contributed by atoms with Gasteiger partial charge < -0.3 is 0 Å². The van der Waals surface area contributed by atoms with Gasteiger partial charge in [-0.25, -0.2) is 15.0 Å². The van der Waals surface area contributed by atoms with Gasteiger partial charge in [-0.2, -0.15) is 0 Å². The second kappa shape index (κ2) is 13.3. The second-order valence-electron chi connectivity index (χ2n) is 17.1. The minimum atomic E-state index is 0.0538. The van der Waals surface area contributed by atoms with Crippen LogP contribution in [0.15, 0.2) is 170 Å². The van der Waals surface area contributed by atoms with Gasteiger partial charge in [0.25, 0.3) is 0 Å². The van der Waals surface area contributed by atoms with Crippen molar-refractivity contribution in [2.45, 2.75) is 37.5 Å². The molecule has 0 aliphatic heterocycles. The molecule has 5 aliphatic rings. The summed E-state index contributed by atoms with van der Waals surface area (Å²) >= 11 is 0. The Kier molecular flexibility index (Phi) is 7.69. The average molecular weight is 747 g/mol. The number of rotatable bonds is 6. The van der Waals surface area contributed by atoms with Gasteiger partial charge in [-0.1, -0.05) is 115 Å². The molecule has 6 aromatic carbocycles. The number of benzene rings is 6. The Morgan fingerprint density at radius 3 is 1.43 bits per heavy atom. The molecule has 4 fully saturated rings. The molecule has 0 N–H and O–H groups in total. The van der Waals surface area contributed by atoms with E-state index in [-0.39, 0.29) is 5.41 Å². The van der Waals surface area contributed by atoms with Gasteiger partial charge in [-0.05, 0) is 154 Å². The van der Waals surface area contributed by atoms with E-state index in [1.807, 2.05) is 48.8 Å². The van der Waals surface area contributed by atoms with E-state index in [4.69, 9.17) is 15.0 Å². The lowest BCUT2D eigenvalue weighted by atomic mass is 9.43. The molecule has 0 unspecified atom stereocenters. The molecule has 4 nitrogen and oxygen atoms in total. The molecular formula is C54H42N4. The van der Waals surface area contributed by atoms with Crippen LogP contribution >= 0.6 is 0 Å². The highest BCUT2D eigenvalue weighted by Crippen LogP contribution is 2.69. The number of fused-ring (bicyclic) bond motifs is 3. The summed E-state index contributed by atoms with van der Waals surface area (Å²) < 4.78 is 0. The predicted octanol–water partition coefficient (Wildman–Crippen LogP) is 13.0. The Morgan fingerprint density at radius 2 is 0.828 bits per heavy atom. The molecule has 5 aliphatic carbocycles. The lowest BCUT2D eigenvalue weighted by Crippen LogP contribution is -2.55. The minimum Gasteiger partial charge on any atom is -0.265 e. The standard InChI is InChI=1S/C54H42N4/c1-4-10-36(11-5-1)40-17-19-49-48(32-40)47-18-16-41(33-50(47)54(49)45-25-34-24-35(27-45)28-46(54)26-34)43-29-42(37-20-22-55-23-21-37)30-44(31-43)53-57-51(38-12-6-2-7-13-38)56-52(58-53)39-14-8-3-9-15-39/h1-23,29-35,45-46H,24-28H2. The van der Waals surface area contributed by atoms with E-state index in [0.717, 1.165) is 45.2 Å². The van der Waals surface area contributed by atoms with Gasteiger partial charge in [0.05, 0.1) is 0 Å². The van der Waals surface area contributed by atoms with E-state index in [0.29, 0.717) is 29.3 Å². The predicted molar refractivity (Wildman–Crippen MR) is 233 cm³/mol. The summed E-state index contributed by atoms with van der Waals surface area (Å²) in [5, 5.41) is 0. The van der Waals surface area contributed by atoms with Crippen molar-refractivity contribution in [3.8, 4) is 78.7 Å². The van der Waals surface area contributed by atoms with E-state index in [1.54, 1.807) is 11.1 Å². The first-order chi connectivity index (χ1) is 28.7. The Morgan fingerprint density at radius 1 is 0.345 bits per heavy atom. The molecule has 58 heavy (non-hydrogen) atoms. The van der Waals surface area contributed by atoms with E-state index in [1.165, 1.54) is 59.9 Å². The van der Waals surface area contributed by atoms with Gasteiger partial charge in [0, 0.05) is 34.5 Å². The number of hydrogen-bond acceptors (Lipinski definition) is 4. The van der Waals surface area contributed by atoms with Crippen molar-refractivity contribution < 1.29 is 0 Å². The van der Waals surface area contributed by atoms with Gasteiger partial charge in [0.1, 0.15) is 0 Å². The molecule has 0 radical (unpaired) electrons. The quantitative estimate of drug-likeness (QED) is 0.170. The lowest BCUT2D eigenvalue weighted by molar-refractivity contribution is -0.0399. The molecular weight excluding hydrogens is 705 g/mol. The fourth-order valence-corrected chi connectivity index (χ4v) is 11.8. The van der Waals surface area contributed by atoms with Crippen LogP contribution in [0, 0.1) is 23.7 Å². The Labute approximate surface area is 339 Å². The smallest absolute Gasteiger partial charge is 0.164 e. The zero-order valence-electron chi connectivity index (χ0n) is 32.3. The molecule has 278 valence electrons. The lowest BCUT2D eigenvalue weighted by Gasteiger charge is -2.61. The van der Waals surface area contributed by atoms with E-state index in [9.17, 15) is 0 Å². The normalized spacial score (nSPS) is 22.2. The number of nitrogens with zero attached hydrogens (tertiary/aromatic N) is 4. The highest BCUT2D eigenvalue weighted by molar-refractivity contribution is 5.89. The summed E-state index contributed by atoms with van der Waals surface area (Å²) in [5.74, 6) is 5.10. The van der Waals surface area contributed by atoms with Gasteiger partial charge >= 0.3 is 0 Å². The summed E-state index contributed by atoms with van der Waals surface area (Å²) in [6, 6.07) is 57.2. The zero-order chi connectivity index (χ0) is 38.2. The van der Waals surface area contributed by atoms with E-state index in [2.05, 4.69) is 126 Å². The molecule has 4 bridgehead atoms. The highest BCUT2D eigenvalue weighted by atomic mass is 15.0. The van der Waals surface area contributed by atoms with Gasteiger partial charge in [-0.3, -0.25) is 4.98 Å². The van der Waals surface area contributed by atoms with Crippen LogP contribution in [0.5, 0.6) is 0 Å². The van der Waals surface area contributed by atoms with Crippen molar-refractivity contribution in [1.29, 1.82) is 0 Å². The summed E-state index contributed by atoms with van der Waals surface area (Å²) in [6.07, 6.45) is 10.6. The van der Waals surface area contributed by atoms with Crippen LogP contribution in [-0.2, 0) is 5.41 Å². The number of hydrogen-bond donors (Lipinski definition) is 0. The summed E-state index contributed by atoms with van der Waals surface area (Å²) in [5.41, 5.74) is 16.1. The topological polar surface area (TPSA) is 51.6 Å².